The molecule has 1 saturated carbocycles. The number of hydrogen-bond acceptors (Lipinski definition) is 3. The van der Waals surface area contributed by atoms with E-state index in [1.165, 1.54) is 0 Å². The third-order valence-corrected chi connectivity index (χ3v) is 6.44. The molecule has 0 saturated heterocycles. The van der Waals surface area contributed by atoms with E-state index in [0.717, 1.165) is 12.8 Å². The molecule has 0 heterocycles. The highest BCUT2D eigenvalue weighted by molar-refractivity contribution is 7.90. The third-order valence-electron chi connectivity index (χ3n) is 3.63. The van der Waals surface area contributed by atoms with Gasteiger partial charge in [0.2, 0.25) is 10.0 Å². The minimum atomic E-state index is -3.42. The SMILES string of the molecule is CC(C)C[C@@](C)(CO)N(C1CC1)S(=O)(=O)C(C)(C)C. The summed E-state index contributed by atoms with van der Waals surface area (Å²) in [5.41, 5.74) is -0.693. The van der Waals surface area contributed by atoms with Gasteiger partial charge in [-0.15, -0.1) is 0 Å². The Bertz CT molecular complexity index is 407. The average Bonchev–Trinajstić information content (AvgIpc) is 2.98. The molecule has 1 aliphatic carbocycles. The van der Waals surface area contributed by atoms with Gasteiger partial charge in [-0.25, -0.2) is 8.42 Å². The maximum atomic E-state index is 12.8. The van der Waals surface area contributed by atoms with Crippen LogP contribution in [0.5, 0.6) is 0 Å². The van der Waals surface area contributed by atoms with Crippen molar-refractivity contribution in [2.45, 2.75) is 77.1 Å². The van der Waals surface area contributed by atoms with Gasteiger partial charge in [-0.1, -0.05) is 13.8 Å². The van der Waals surface area contributed by atoms with E-state index in [0.29, 0.717) is 12.3 Å². The molecule has 5 heteroatoms. The standard InChI is InChI=1S/C14H29NO3S/c1-11(2)9-14(6,10-16)15(12-7-8-12)19(17,18)13(3,4)5/h11-12,16H,7-10H2,1-6H3/t14-/m0/s1. The first-order valence-corrected chi connectivity index (χ1v) is 8.54. The van der Waals surface area contributed by atoms with Crippen LogP contribution in [0.25, 0.3) is 0 Å². The molecule has 0 radical (unpaired) electrons. The summed E-state index contributed by atoms with van der Waals surface area (Å²) in [7, 11) is -3.42. The van der Waals surface area contributed by atoms with Crippen molar-refractivity contribution >= 4 is 10.0 Å². The van der Waals surface area contributed by atoms with Gasteiger partial charge in [0.05, 0.1) is 16.9 Å². The van der Waals surface area contributed by atoms with Gasteiger partial charge >= 0.3 is 0 Å². The van der Waals surface area contributed by atoms with Gasteiger partial charge < -0.3 is 5.11 Å². The van der Waals surface area contributed by atoms with Crippen molar-refractivity contribution in [3.8, 4) is 0 Å². The summed E-state index contributed by atoms with van der Waals surface area (Å²) >= 11 is 0. The molecule has 1 atom stereocenters. The minimum absolute atomic E-state index is 0.0696. The van der Waals surface area contributed by atoms with Gasteiger partial charge in [0.1, 0.15) is 0 Å². The molecule has 0 bridgehead atoms. The molecule has 0 aromatic rings. The average molecular weight is 291 g/mol. The molecule has 0 aromatic heterocycles. The lowest BCUT2D eigenvalue weighted by molar-refractivity contribution is 0.0799. The second-order valence-electron chi connectivity index (χ2n) is 7.40. The highest BCUT2D eigenvalue weighted by Crippen LogP contribution is 2.41. The first-order chi connectivity index (χ1) is 8.45. The van der Waals surface area contributed by atoms with Crippen LogP contribution < -0.4 is 0 Å². The van der Waals surface area contributed by atoms with Crippen molar-refractivity contribution < 1.29 is 13.5 Å². The Morgan fingerprint density at radius 1 is 1.21 bits per heavy atom. The van der Waals surface area contributed by atoms with Crippen molar-refractivity contribution in [2.24, 2.45) is 5.92 Å². The fraction of sp³-hybridized carbons (Fsp3) is 1.00. The molecule has 0 unspecified atom stereocenters. The lowest BCUT2D eigenvalue weighted by atomic mass is 9.91. The molecule has 114 valence electrons. The lowest BCUT2D eigenvalue weighted by Gasteiger charge is -2.43. The molecule has 1 rings (SSSR count). The zero-order valence-electron chi connectivity index (χ0n) is 13.1. The van der Waals surface area contributed by atoms with Crippen LogP contribution >= 0.6 is 0 Å². The molecule has 0 aromatic carbocycles. The van der Waals surface area contributed by atoms with Gasteiger partial charge in [-0.2, -0.15) is 4.31 Å². The maximum absolute atomic E-state index is 12.8. The highest BCUT2D eigenvalue weighted by atomic mass is 32.2. The fourth-order valence-electron chi connectivity index (χ4n) is 2.63. The number of aliphatic hydroxyl groups excluding tert-OH is 1. The third kappa shape index (κ3) is 3.50. The van der Waals surface area contributed by atoms with Crippen LogP contribution in [0.4, 0.5) is 0 Å². The van der Waals surface area contributed by atoms with E-state index in [2.05, 4.69) is 13.8 Å². The highest BCUT2D eigenvalue weighted by Gasteiger charge is 2.51. The topological polar surface area (TPSA) is 57.6 Å². The Morgan fingerprint density at radius 3 is 1.95 bits per heavy atom. The number of rotatable bonds is 6. The molecule has 19 heavy (non-hydrogen) atoms. The molecule has 0 aliphatic heterocycles. The number of sulfonamides is 1. The summed E-state index contributed by atoms with van der Waals surface area (Å²) in [6.45, 7) is 11.0. The van der Waals surface area contributed by atoms with E-state index in [9.17, 15) is 13.5 Å². The summed E-state index contributed by atoms with van der Waals surface area (Å²) in [5.74, 6) is 0.341. The molecular formula is C14H29NO3S. The smallest absolute Gasteiger partial charge is 0.219 e. The van der Waals surface area contributed by atoms with Crippen molar-refractivity contribution in [1.82, 2.24) is 4.31 Å². The normalized spacial score (nSPS) is 20.9. The predicted octanol–water partition coefficient (Wildman–Crippen LogP) is 2.38. The number of hydrogen-bond donors (Lipinski definition) is 1. The lowest BCUT2D eigenvalue weighted by Crippen LogP contribution is -2.58. The van der Waals surface area contributed by atoms with E-state index in [1.807, 2.05) is 6.92 Å². The Hall–Kier alpha value is -0.130. The van der Waals surface area contributed by atoms with Gasteiger partial charge in [0.25, 0.3) is 0 Å². The van der Waals surface area contributed by atoms with Crippen LogP contribution in [0.15, 0.2) is 0 Å². The largest absolute Gasteiger partial charge is 0.394 e. The van der Waals surface area contributed by atoms with Crippen LogP contribution in [0.2, 0.25) is 0 Å². The molecular weight excluding hydrogens is 262 g/mol. The van der Waals surface area contributed by atoms with Gasteiger partial charge in [-0.3, -0.25) is 0 Å². The Balaban J connectivity index is 3.20. The summed E-state index contributed by atoms with van der Waals surface area (Å²) in [4.78, 5) is 0. The summed E-state index contributed by atoms with van der Waals surface area (Å²) in [6, 6.07) is 0.0696. The zero-order valence-corrected chi connectivity index (χ0v) is 13.9. The van der Waals surface area contributed by atoms with Crippen molar-refractivity contribution in [3.05, 3.63) is 0 Å². The monoisotopic (exact) mass is 291 g/mol. The second-order valence-corrected chi connectivity index (χ2v) is 9.97. The first-order valence-electron chi connectivity index (χ1n) is 7.10. The first kappa shape index (κ1) is 16.9. The second kappa shape index (κ2) is 5.34. The van der Waals surface area contributed by atoms with Crippen LogP contribution in [0.3, 0.4) is 0 Å². The summed E-state index contributed by atoms with van der Waals surface area (Å²) in [5, 5.41) is 9.80. The van der Waals surface area contributed by atoms with Crippen molar-refractivity contribution in [2.75, 3.05) is 6.61 Å². The predicted molar refractivity (Wildman–Crippen MR) is 78.5 cm³/mol. The van der Waals surface area contributed by atoms with E-state index in [-0.39, 0.29) is 12.6 Å². The van der Waals surface area contributed by atoms with Crippen LogP contribution in [0.1, 0.15) is 60.8 Å². The fourth-order valence-corrected chi connectivity index (χ4v) is 4.54. The maximum Gasteiger partial charge on any atom is 0.219 e. The van der Waals surface area contributed by atoms with Crippen LogP contribution in [-0.4, -0.2) is 40.8 Å². The van der Waals surface area contributed by atoms with E-state index in [4.69, 9.17) is 0 Å². The molecule has 1 N–H and O–H groups in total. The van der Waals surface area contributed by atoms with Crippen LogP contribution in [-0.2, 0) is 10.0 Å². The van der Waals surface area contributed by atoms with Crippen molar-refractivity contribution in [3.63, 3.8) is 0 Å². The van der Waals surface area contributed by atoms with Crippen molar-refractivity contribution in [1.29, 1.82) is 0 Å². The van der Waals surface area contributed by atoms with Crippen LogP contribution in [0, 0.1) is 5.92 Å². The molecule has 4 nitrogen and oxygen atoms in total. The molecule has 0 spiro atoms. The van der Waals surface area contributed by atoms with Gasteiger partial charge in [-0.05, 0) is 52.9 Å². The number of aliphatic hydroxyl groups is 1. The van der Waals surface area contributed by atoms with E-state index >= 15 is 0 Å². The molecule has 0 amide bonds. The molecule has 1 fully saturated rings. The van der Waals surface area contributed by atoms with E-state index in [1.54, 1.807) is 25.1 Å². The Labute approximate surface area is 118 Å². The summed E-state index contributed by atoms with van der Waals surface area (Å²) < 4.78 is 26.5. The Kier molecular flexibility index (Phi) is 4.75. The molecule has 1 aliphatic rings. The zero-order chi connectivity index (χ0) is 15.1. The Morgan fingerprint density at radius 2 is 1.68 bits per heavy atom. The van der Waals surface area contributed by atoms with E-state index < -0.39 is 20.3 Å². The minimum Gasteiger partial charge on any atom is -0.394 e. The summed E-state index contributed by atoms with van der Waals surface area (Å²) in [6.07, 6.45) is 2.49. The quantitative estimate of drug-likeness (QED) is 0.817. The van der Waals surface area contributed by atoms with Gasteiger partial charge in [0.15, 0.2) is 0 Å². The number of nitrogens with zero attached hydrogens (tertiary/aromatic N) is 1. The van der Waals surface area contributed by atoms with Gasteiger partial charge in [0, 0.05) is 6.04 Å².